The molecule has 0 aliphatic heterocycles. The van der Waals surface area contributed by atoms with Crippen LogP contribution >= 0.6 is 11.6 Å². The fourth-order valence-electron chi connectivity index (χ4n) is 2.45. The van der Waals surface area contributed by atoms with E-state index in [2.05, 4.69) is 5.32 Å². The molecule has 2 rings (SSSR count). The molecule has 0 atom stereocenters. The number of halogens is 2. The van der Waals surface area contributed by atoms with Crippen molar-refractivity contribution in [3.63, 3.8) is 0 Å². The molecular formula is C19H20ClFN2O3. The second-order valence-corrected chi connectivity index (χ2v) is 5.94. The molecule has 0 aliphatic carbocycles. The van der Waals surface area contributed by atoms with E-state index < -0.39 is 5.82 Å². The Labute approximate surface area is 156 Å². The Morgan fingerprint density at radius 1 is 1.19 bits per heavy atom. The van der Waals surface area contributed by atoms with Crippen molar-refractivity contribution in [1.29, 1.82) is 0 Å². The summed E-state index contributed by atoms with van der Waals surface area (Å²) in [6.07, 6.45) is -0.207. The van der Waals surface area contributed by atoms with Crippen molar-refractivity contribution in [2.75, 3.05) is 25.5 Å². The topological polar surface area (TPSA) is 58.6 Å². The third-order valence-electron chi connectivity index (χ3n) is 3.84. The lowest BCUT2D eigenvalue weighted by Gasteiger charge is -2.21. The molecule has 2 aromatic rings. The Morgan fingerprint density at radius 2 is 1.92 bits per heavy atom. The average molecular weight is 379 g/mol. The number of para-hydroxylation sites is 2. The molecule has 0 bridgehead atoms. The molecule has 0 unspecified atom stereocenters. The van der Waals surface area contributed by atoms with Gasteiger partial charge in [0.2, 0.25) is 11.8 Å². The Balaban J connectivity index is 2.04. The van der Waals surface area contributed by atoms with Gasteiger partial charge in [-0.25, -0.2) is 4.39 Å². The highest BCUT2D eigenvalue weighted by molar-refractivity contribution is 6.31. The third-order valence-corrected chi connectivity index (χ3v) is 4.19. The van der Waals surface area contributed by atoms with Crippen LogP contribution in [0, 0.1) is 5.82 Å². The van der Waals surface area contributed by atoms with Gasteiger partial charge in [-0.2, -0.15) is 0 Å². The summed E-state index contributed by atoms with van der Waals surface area (Å²) >= 11 is 5.96. The molecule has 2 amide bonds. The van der Waals surface area contributed by atoms with Crippen LogP contribution in [0.4, 0.5) is 10.1 Å². The first-order chi connectivity index (χ1) is 12.5. The van der Waals surface area contributed by atoms with Crippen molar-refractivity contribution in [1.82, 2.24) is 4.90 Å². The lowest BCUT2D eigenvalue weighted by molar-refractivity contribution is -0.133. The van der Waals surface area contributed by atoms with Crippen LogP contribution in [0.5, 0.6) is 5.75 Å². The van der Waals surface area contributed by atoms with Crippen LogP contribution in [-0.2, 0) is 16.0 Å². The maximum absolute atomic E-state index is 13.9. The van der Waals surface area contributed by atoms with Crippen molar-refractivity contribution >= 4 is 29.1 Å². The van der Waals surface area contributed by atoms with E-state index in [1.807, 2.05) is 0 Å². The van der Waals surface area contributed by atoms with Gasteiger partial charge in [0.25, 0.3) is 0 Å². The number of hydrogen-bond acceptors (Lipinski definition) is 3. The molecule has 26 heavy (non-hydrogen) atoms. The molecule has 0 saturated carbocycles. The van der Waals surface area contributed by atoms with Crippen LogP contribution in [0.15, 0.2) is 42.5 Å². The third kappa shape index (κ3) is 4.95. The molecule has 0 spiro atoms. The van der Waals surface area contributed by atoms with Crippen molar-refractivity contribution in [3.8, 4) is 5.75 Å². The number of carbonyl (C=O) groups excluding carboxylic acids is 2. The number of hydrogen-bond donors (Lipinski definition) is 1. The molecule has 0 aromatic heterocycles. The number of rotatable bonds is 7. The number of methoxy groups -OCH3 is 1. The Hall–Kier alpha value is -2.60. The standard InChI is InChI=1S/C19H20ClFN2O3/c1-3-23(19(25)11-13-14(20)7-6-8-15(13)21)12-18(24)22-16-9-4-5-10-17(16)26-2/h4-10H,3,11-12H2,1-2H3,(H,22,24). The van der Waals surface area contributed by atoms with Gasteiger partial charge in [-0.3, -0.25) is 9.59 Å². The number of likely N-dealkylation sites (N-methyl/N-ethyl adjacent to an activating group) is 1. The predicted molar refractivity (Wildman–Crippen MR) is 99.0 cm³/mol. The van der Waals surface area contributed by atoms with E-state index in [1.54, 1.807) is 31.2 Å². The van der Waals surface area contributed by atoms with E-state index in [0.717, 1.165) is 0 Å². The zero-order valence-corrected chi connectivity index (χ0v) is 15.3. The van der Waals surface area contributed by atoms with Gasteiger partial charge in [0.15, 0.2) is 0 Å². The quantitative estimate of drug-likeness (QED) is 0.802. The summed E-state index contributed by atoms with van der Waals surface area (Å²) in [7, 11) is 1.50. The van der Waals surface area contributed by atoms with Gasteiger partial charge in [0.1, 0.15) is 11.6 Å². The van der Waals surface area contributed by atoms with E-state index in [4.69, 9.17) is 16.3 Å². The SMILES string of the molecule is CCN(CC(=O)Nc1ccccc1OC)C(=O)Cc1c(F)cccc1Cl. The van der Waals surface area contributed by atoms with Crippen molar-refractivity contribution in [2.24, 2.45) is 0 Å². The van der Waals surface area contributed by atoms with Crippen LogP contribution in [0.3, 0.4) is 0 Å². The summed E-state index contributed by atoms with van der Waals surface area (Å²) in [5, 5.41) is 2.90. The number of nitrogens with zero attached hydrogens (tertiary/aromatic N) is 1. The second-order valence-electron chi connectivity index (χ2n) is 5.53. The molecule has 0 heterocycles. The molecule has 0 aliphatic rings. The monoisotopic (exact) mass is 378 g/mol. The smallest absolute Gasteiger partial charge is 0.244 e. The Kier molecular flexibility index (Phi) is 6.97. The predicted octanol–water partition coefficient (Wildman–Crippen LogP) is 3.52. The van der Waals surface area contributed by atoms with Gasteiger partial charge in [-0.1, -0.05) is 29.8 Å². The molecule has 0 fully saturated rings. The fourth-order valence-corrected chi connectivity index (χ4v) is 2.68. The maximum atomic E-state index is 13.9. The normalized spacial score (nSPS) is 10.3. The van der Waals surface area contributed by atoms with Gasteiger partial charge in [-0.15, -0.1) is 0 Å². The summed E-state index contributed by atoms with van der Waals surface area (Å²) < 4.78 is 19.0. The van der Waals surface area contributed by atoms with Crippen LogP contribution in [0.25, 0.3) is 0 Å². The Morgan fingerprint density at radius 3 is 2.58 bits per heavy atom. The molecular weight excluding hydrogens is 359 g/mol. The molecule has 2 aromatic carbocycles. The van der Waals surface area contributed by atoms with Crippen molar-refractivity contribution in [3.05, 3.63) is 58.9 Å². The molecule has 0 saturated heterocycles. The first-order valence-corrected chi connectivity index (χ1v) is 8.47. The summed E-state index contributed by atoms with van der Waals surface area (Å²) in [6, 6.07) is 11.2. The minimum absolute atomic E-state index is 0.128. The fraction of sp³-hybridized carbons (Fsp3) is 0.263. The maximum Gasteiger partial charge on any atom is 0.244 e. The number of amides is 2. The van der Waals surface area contributed by atoms with Gasteiger partial charge in [0.05, 0.1) is 25.8 Å². The van der Waals surface area contributed by atoms with E-state index >= 15 is 0 Å². The van der Waals surface area contributed by atoms with Crippen LogP contribution in [0.2, 0.25) is 5.02 Å². The summed E-state index contributed by atoms with van der Waals surface area (Å²) in [5.74, 6) is -0.771. The Bertz CT molecular complexity index is 778. The number of ether oxygens (including phenoxy) is 1. The highest BCUT2D eigenvalue weighted by Gasteiger charge is 2.19. The number of benzene rings is 2. The van der Waals surface area contributed by atoms with Gasteiger partial charge >= 0.3 is 0 Å². The van der Waals surface area contributed by atoms with Crippen LogP contribution < -0.4 is 10.1 Å². The number of nitrogens with one attached hydrogen (secondary N) is 1. The van der Waals surface area contributed by atoms with Gasteiger partial charge < -0.3 is 15.0 Å². The molecule has 5 nitrogen and oxygen atoms in total. The van der Waals surface area contributed by atoms with Crippen molar-refractivity contribution < 1.29 is 18.7 Å². The molecule has 1 N–H and O–H groups in total. The summed E-state index contributed by atoms with van der Waals surface area (Å²) in [4.78, 5) is 26.1. The van der Waals surface area contributed by atoms with Gasteiger partial charge in [-0.05, 0) is 31.2 Å². The van der Waals surface area contributed by atoms with Crippen molar-refractivity contribution in [2.45, 2.75) is 13.3 Å². The molecule has 138 valence electrons. The first kappa shape index (κ1) is 19.7. The minimum Gasteiger partial charge on any atom is -0.495 e. The van der Waals surface area contributed by atoms with Crippen LogP contribution in [0.1, 0.15) is 12.5 Å². The minimum atomic E-state index is -0.541. The largest absolute Gasteiger partial charge is 0.495 e. The lowest BCUT2D eigenvalue weighted by atomic mass is 10.1. The van der Waals surface area contributed by atoms with E-state index in [0.29, 0.717) is 18.0 Å². The second kappa shape index (κ2) is 9.20. The van der Waals surface area contributed by atoms with Gasteiger partial charge in [0, 0.05) is 17.1 Å². The highest BCUT2D eigenvalue weighted by atomic mass is 35.5. The number of carbonyl (C=O) groups is 2. The van der Waals surface area contributed by atoms with E-state index in [9.17, 15) is 14.0 Å². The zero-order valence-electron chi connectivity index (χ0n) is 14.6. The number of anilines is 1. The van der Waals surface area contributed by atoms with E-state index in [-0.39, 0.29) is 35.4 Å². The first-order valence-electron chi connectivity index (χ1n) is 8.09. The average Bonchev–Trinajstić information content (AvgIpc) is 2.63. The lowest BCUT2D eigenvalue weighted by Crippen LogP contribution is -2.38. The zero-order chi connectivity index (χ0) is 19.1. The summed E-state index contributed by atoms with van der Waals surface area (Å²) in [6.45, 7) is 1.90. The molecule has 0 radical (unpaired) electrons. The van der Waals surface area contributed by atoms with Crippen LogP contribution in [-0.4, -0.2) is 36.9 Å². The van der Waals surface area contributed by atoms with E-state index in [1.165, 1.54) is 30.2 Å². The summed E-state index contributed by atoms with van der Waals surface area (Å²) in [5.41, 5.74) is 0.642. The molecule has 7 heteroatoms. The highest BCUT2D eigenvalue weighted by Crippen LogP contribution is 2.23.